The minimum atomic E-state index is -0.598. The Bertz CT molecular complexity index is 457. The molecule has 0 radical (unpaired) electrons. The lowest BCUT2D eigenvalue weighted by Crippen LogP contribution is -2.14. The topological polar surface area (TPSA) is 29.5 Å². The van der Waals surface area contributed by atoms with Gasteiger partial charge in [-0.2, -0.15) is 0 Å². The largest absolute Gasteiger partial charge is 0.494 e. The van der Waals surface area contributed by atoms with Gasteiger partial charge in [-0.25, -0.2) is 0 Å². The highest BCUT2D eigenvalue weighted by Gasteiger charge is 2.37. The van der Waals surface area contributed by atoms with Gasteiger partial charge in [-0.15, -0.1) is 6.58 Å². The second-order valence-electron chi connectivity index (χ2n) is 5.32. The van der Waals surface area contributed by atoms with Crippen LogP contribution in [0.2, 0.25) is 0 Å². The average molecular weight is 244 g/mol. The van der Waals surface area contributed by atoms with Gasteiger partial charge >= 0.3 is 0 Å². The maximum absolute atomic E-state index is 10.2. The highest BCUT2D eigenvalue weighted by Crippen LogP contribution is 2.44. The molecule has 0 saturated heterocycles. The molecule has 1 heterocycles. The van der Waals surface area contributed by atoms with Crippen LogP contribution in [0.15, 0.2) is 48.7 Å². The molecule has 0 bridgehead atoms. The van der Waals surface area contributed by atoms with Crippen LogP contribution in [0.1, 0.15) is 25.8 Å². The van der Waals surface area contributed by atoms with Gasteiger partial charge in [-0.3, -0.25) is 0 Å². The van der Waals surface area contributed by atoms with Gasteiger partial charge in [-0.1, -0.05) is 50.3 Å². The van der Waals surface area contributed by atoms with Crippen LogP contribution in [0.4, 0.5) is 0 Å². The molecule has 0 aliphatic carbocycles. The lowest BCUT2D eigenvalue weighted by molar-refractivity contribution is 0.104. The van der Waals surface area contributed by atoms with Crippen molar-refractivity contribution in [1.82, 2.24) is 0 Å². The van der Waals surface area contributed by atoms with Gasteiger partial charge in [0, 0.05) is 11.0 Å². The molecule has 1 aliphatic heterocycles. The molecular weight excluding hydrogens is 224 g/mol. The lowest BCUT2D eigenvalue weighted by atomic mass is 9.81. The number of hydrogen-bond acceptors (Lipinski definition) is 2. The summed E-state index contributed by atoms with van der Waals surface area (Å²) in [7, 11) is 0. The van der Waals surface area contributed by atoms with Crippen LogP contribution >= 0.6 is 0 Å². The number of rotatable bonds is 4. The van der Waals surface area contributed by atoms with Gasteiger partial charge in [0.1, 0.15) is 11.9 Å². The Morgan fingerprint density at radius 3 is 2.67 bits per heavy atom. The second-order valence-corrected chi connectivity index (χ2v) is 5.32. The predicted octanol–water partition coefficient (Wildman–Crippen LogP) is 3.39. The standard InChI is InChI=1S/C16H20O2/c1-4-8-13(17)15-14(16(2,3)11-18-15)12-9-6-5-7-10-12/h4-7,9-10,13,17H,1,8,11H2,2-3H3. The van der Waals surface area contributed by atoms with E-state index in [1.165, 1.54) is 0 Å². The van der Waals surface area contributed by atoms with Gasteiger partial charge in [0.2, 0.25) is 0 Å². The fourth-order valence-corrected chi connectivity index (χ4v) is 2.40. The molecule has 2 heteroatoms. The van der Waals surface area contributed by atoms with Crippen molar-refractivity contribution >= 4 is 5.57 Å². The van der Waals surface area contributed by atoms with Crippen LogP contribution in [0, 0.1) is 5.41 Å². The van der Waals surface area contributed by atoms with Crippen LogP contribution in [0.5, 0.6) is 0 Å². The molecule has 0 spiro atoms. The molecule has 1 aromatic carbocycles. The zero-order valence-corrected chi connectivity index (χ0v) is 11.0. The molecule has 0 amide bonds. The average Bonchev–Trinajstić information content (AvgIpc) is 2.66. The first-order valence-electron chi connectivity index (χ1n) is 6.28. The maximum atomic E-state index is 10.2. The van der Waals surface area contributed by atoms with Crippen LogP contribution < -0.4 is 0 Å². The molecule has 96 valence electrons. The number of hydrogen-bond donors (Lipinski definition) is 1. The Morgan fingerprint density at radius 1 is 1.39 bits per heavy atom. The quantitative estimate of drug-likeness (QED) is 0.823. The molecule has 0 saturated carbocycles. The minimum absolute atomic E-state index is 0.0706. The van der Waals surface area contributed by atoms with E-state index < -0.39 is 6.10 Å². The van der Waals surface area contributed by atoms with Gasteiger partial charge in [0.05, 0.1) is 6.61 Å². The van der Waals surface area contributed by atoms with E-state index in [2.05, 4.69) is 32.6 Å². The normalized spacial score (nSPS) is 19.5. The fraction of sp³-hybridized carbons (Fsp3) is 0.375. The van der Waals surface area contributed by atoms with E-state index in [-0.39, 0.29) is 5.41 Å². The number of benzene rings is 1. The lowest BCUT2D eigenvalue weighted by Gasteiger charge is -2.20. The summed E-state index contributed by atoms with van der Waals surface area (Å²) in [4.78, 5) is 0. The summed E-state index contributed by atoms with van der Waals surface area (Å²) in [5.74, 6) is 0.700. The third-order valence-electron chi connectivity index (χ3n) is 3.27. The fourth-order valence-electron chi connectivity index (χ4n) is 2.40. The molecule has 1 aliphatic rings. The van der Waals surface area contributed by atoms with E-state index in [0.717, 1.165) is 11.1 Å². The number of ether oxygens (including phenoxy) is 1. The van der Waals surface area contributed by atoms with Gasteiger partial charge in [0.25, 0.3) is 0 Å². The van der Waals surface area contributed by atoms with E-state index in [0.29, 0.717) is 18.8 Å². The summed E-state index contributed by atoms with van der Waals surface area (Å²) in [6.45, 7) is 8.56. The van der Waals surface area contributed by atoms with E-state index in [9.17, 15) is 5.11 Å². The molecule has 2 nitrogen and oxygen atoms in total. The first-order chi connectivity index (χ1) is 8.56. The molecule has 1 aromatic rings. The third-order valence-corrected chi connectivity index (χ3v) is 3.27. The molecule has 1 unspecified atom stereocenters. The van der Waals surface area contributed by atoms with Crippen molar-refractivity contribution < 1.29 is 9.84 Å². The van der Waals surface area contributed by atoms with Crippen LogP contribution in [-0.4, -0.2) is 17.8 Å². The van der Waals surface area contributed by atoms with Crippen molar-refractivity contribution in [3.8, 4) is 0 Å². The molecule has 0 aromatic heterocycles. The molecule has 1 N–H and O–H groups in total. The summed E-state index contributed by atoms with van der Waals surface area (Å²) in [5, 5.41) is 10.2. The summed E-state index contributed by atoms with van der Waals surface area (Å²) in [6, 6.07) is 10.1. The zero-order chi connectivity index (χ0) is 13.2. The van der Waals surface area contributed by atoms with Crippen molar-refractivity contribution in [3.63, 3.8) is 0 Å². The molecular formula is C16H20O2. The Hall–Kier alpha value is -1.54. The zero-order valence-electron chi connectivity index (χ0n) is 11.0. The SMILES string of the molecule is C=CCC(O)C1=C(c2ccccc2)C(C)(C)CO1. The number of aliphatic hydroxyl groups excluding tert-OH is 1. The van der Waals surface area contributed by atoms with E-state index in [4.69, 9.17) is 4.74 Å². The Morgan fingerprint density at radius 2 is 2.06 bits per heavy atom. The van der Waals surface area contributed by atoms with Crippen molar-refractivity contribution in [2.24, 2.45) is 5.41 Å². The van der Waals surface area contributed by atoms with E-state index in [1.54, 1.807) is 6.08 Å². The van der Waals surface area contributed by atoms with Gasteiger partial charge in [-0.05, 0) is 12.0 Å². The molecule has 18 heavy (non-hydrogen) atoms. The highest BCUT2D eigenvalue weighted by molar-refractivity contribution is 5.73. The second kappa shape index (κ2) is 4.99. The smallest absolute Gasteiger partial charge is 0.129 e. The van der Waals surface area contributed by atoms with Crippen LogP contribution in [-0.2, 0) is 4.74 Å². The molecule has 0 fully saturated rings. The summed E-state index contributed by atoms with van der Waals surface area (Å²) < 4.78 is 5.73. The van der Waals surface area contributed by atoms with Crippen molar-refractivity contribution in [2.45, 2.75) is 26.4 Å². The molecule has 1 atom stereocenters. The Kier molecular flexibility index (Phi) is 3.58. The first kappa shape index (κ1) is 12.9. The van der Waals surface area contributed by atoms with Crippen LogP contribution in [0.25, 0.3) is 5.57 Å². The first-order valence-corrected chi connectivity index (χ1v) is 6.28. The predicted molar refractivity (Wildman–Crippen MR) is 73.9 cm³/mol. The monoisotopic (exact) mass is 244 g/mol. The summed E-state index contributed by atoms with van der Waals surface area (Å²) in [6.07, 6.45) is 1.64. The number of aliphatic hydroxyl groups is 1. The Balaban J connectivity index is 2.47. The van der Waals surface area contributed by atoms with E-state index >= 15 is 0 Å². The van der Waals surface area contributed by atoms with Gasteiger partial charge < -0.3 is 9.84 Å². The van der Waals surface area contributed by atoms with Crippen molar-refractivity contribution in [3.05, 3.63) is 54.3 Å². The van der Waals surface area contributed by atoms with Crippen molar-refractivity contribution in [2.75, 3.05) is 6.61 Å². The van der Waals surface area contributed by atoms with E-state index in [1.807, 2.05) is 18.2 Å². The Labute approximate surface area is 109 Å². The highest BCUT2D eigenvalue weighted by atomic mass is 16.5. The summed E-state index contributed by atoms with van der Waals surface area (Å²) in [5.41, 5.74) is 2.16. The molecule has 2 rings (SSSR count). The minimum Gasteiger partial charge on any atom is -0.494 e. The third kappa shape index (κ3) is 2.34. The maximum Gasteiger partial charge on any atom is 0.129 e. The van der Waals surface area contributed by atoms with Gasteiger partial charge in [0.15, 0.2) is 0 Å². The van der Waals surface area contributed by atoms with Crippen molar-refractivity contribution in [1.29, 1.82) is 0 Å². The summed E-state index contributed by atoms with van der Waals surface area (Å²) >= 11 is 0. The van der Waals surface area contributed by atoms with Crippen LogP contribution in [0.3, 0.4) is 0 Å².